The number of phosphoric acid groups is 3. The van der Waals surface area contributed by atoms with Gasteiger partial charge in [-0.15, -0.1) is 0 Å². The van der Waals surface area contributed by atoms with E-state index < -0.39 is 103 Å². The van der Waals surface area contributed by atoms with E-state index in [-0.39, 0.29) is 54.1 Å². The van der Waals surface area contributed by atoms with Crippen molar-refractivity contribution in [3.63, 3.8) is 0 Å². The summed E-state index contributed by atoms with van der Waals surface area (Å²) in [5, 5.41) is 46.2. The highest BCUT2D eigenvalue weighted by Crippen LogP contribution is 2.61. The number of amides is 2. The van der Waals surface area contributed by atoms with Gasteiger partial charge in [-0.05, 0) is 32.3 Å². The fraction of sp³-hybridized carbons (Fsp3) is 0.787. The van der Waals surface area contributed by atoms with E-state index >= 15 is 0 Å². The lowest BCUT2D eigenvalue weighted by Crippen LogP contribution is -2.47. The lowest BCUT2D eigenvalue weighted by atomic mass is 9.87. The van der Waals surface area contributed by atoms with Gasteiger partial charge in [0.1, 0.15) is 42.4 Å². The van der Waals surface area contributed by atoms with Gasteiger partial charge in [0.15, 0.2) is 24.0 Å². The standard InChI is InChI=1S/C47H82N7O21P3S/c1-32-33(55)27-34(56)46(72-32)69-25-20-18-16-14-12-10-8-6-4-5-7-9-11-13-15-17-19-21-37(58)79-26-24-49-36(57)22-23-50-44(61)41(60)47(2,3)29-71-78(67,68)75-77(65,66)70-28-35-40(74-76(62,63)64)39(59)45(73-35)54-31-53-38-42(48)51-30-52-43(38)54/h19,21,30-35,39-41,45-46,55-56,59-60H,4-18,20,22-29H2,1-3H3,(H,49,57)(H,50,61)(H,65,66)(H,67,68)(H2,48,51,52)(H2,62,63,64)/b21-19+/t32-,33+,34+,35+,39+,40+,41-,45+,46+/m0/s1. The Balaban J connectivity index is 0.975. The number of thioether (sulfide) groups is 1. The number of fused-ring (bicyclic) bond motifs is 1. The number of nitrogens with zero attached hydrogens (tertiary/aromatic N) is 4. The van der Waals surface area contributed by atoms with Crippen molar-refractivity contribution in [2.24, 2.45) is 5.41 Å². The van der Waals surface area contributed by atoms with Crippen LogP contribution in [0.25, 0.3) is 11.2 Å². The van der Waals surface area contributed by atoms with Crippen LogP contribution in [0, 0.1) is 5.41 Å². The smallest absolute Gasteiger partial charge is 0.390 e. The van der Waals surface area contributed by atoms with Crippen LogP contribution >= 0.6 is 35.2 Å². The lowest BCUT2D eigenvalue weighted by molar-refractivity contribution is -0.261. The predicted molar refractivity (Wildman–Crippen MR) is 287 cm³/mol. The number of aliphatic hydroxyl groups excluding tert-OH is 4. The van der Waals surface area contributed by atoms with E-state index in [9.17, 15) is 68.1 Å². The fourth-order valence-corrected chi connectivity index (χ4v) is 11.9. The number of ether oxygens (including phenoxy) is 3. The van der Waals surface area contributed by atoms with Gasteiger partial charge < -0.3 is 70.6 Å². The zero-order valence-electron chi connectivity index (χ0n) is 45.0. The SMILES string of the molecule is C[C@@H]1O[C@@H](OCCCCCCCCCCCCCCCCC/C=C/C(=O)SCCNC(=O)CCNC(=O)[C@H](O)C(C)(C)COP(=O)(O)OP(=O)(O)OC[C@H]2O[C@@H](n3cnc4c(N)ncnc43)[C@H](O)[C@@H]2OP(=O)(O)O)[C@H](O)C[C@H]1O. The Kier molecular flexibility index (Phi) is 29.6. The highest BCUT2D eigenvalue weighted by atomic mass is 32.2. The van der Waals surface area contributed by atoms with Gasteiger partial charge in [-0.2, -0.15) is 4.31 Å². The van der Waals surface area contributed by atoms with Crippen molar-refractivity contribution in [1.82, 2.24) is 30.2 Å². The van der Waals surface area contributed by atoms with Crippen LogP contribution in [0.5, 0.6) is 0 Å². The summed E-state index contributed by atoms with van der Waals surface area (Å²) in [5.41, 5.74) is 4.27. The van der Waals surface area contributed by atoms with E-state index in [0.29, 0.717) is 12.4 Å². The molecule has 2 aliphatic heterocycles. The Morgan fingerprint density at radius 2 is 1.46 bits per heavy atom. The van der Waals surface area contributed by atoms with Crippen molar-refractivity contribution >= 4 is 69.1 Å². The summed E-state index contributed by atoms with van der Waals surface area (Å²) in [7, 11) is -16.4. The summed E-state index contributed by atoms with van der Waals surface area (Å²) < 4.78 is 73.8. The number of unbranched alkanes of at least 4 members (excludes halogenated alkanes) is 15. The Morgan fingerprint density at radius 1 is 0.848 bits per heavy atom. The summed E-state index contributed by atoms with van der Waals surface area (Å²) in [6, 6.07) is 0. The molecule has 0 spiro atoms. The topological polar surface area (TPSA) is 423 Å². The molecule has 11 atom stereocenters. The Bertz CT molecular complexity index is 2370. The number of hydrogen-bond acceptors (Lipinski definition) is 22. The second-order valence-corrected chi connectivity index (χ2v) is 25.5. The van der Waals surface area contributed by atoms with Gasteiger partial charge in [-0.1, -0.05) is 115 Å². The van der Waals surface area contributed by atoms with Crippen molar-refractivity contribution in [3.05, 3.63) is 24.8 Å². The minimum Gasteiger partial charge on any atom is -0.390 e. The van der Waals surface area contributed by atoms with Crippen molar-refractivity contribution in [2.75, 3.05) is 44.4 Å². The third kappa shape index (κ3) is 25.3. The Hall–Kier alpha value is -2.86. The predicted octanol–water partition coefficient (Wildman–Crippen LogP) is 4.34. The number of allylic oxidation sites excluding steroid dienone is 1. The van der Waals surface area contributed by atoms with Crippen molar-refractivity contribution in [1.29, 1.82) is 0 Å². The van der Waals surface area contributed by atoms with Gasteiger partial charge >= 0.3 is 23.5 Å². The molecule has 0 saturated carbocycles. The molecule has 2 aromatic heterocycles. The Labute approximate surface area is 464 Å². The molecule has 2 saturated heterocycles. The van der Waals surface area contributed by atoms with Crippen LogP contribution in [0.1, 0.15) is 143 Å². The first kappa shape index (κ1) is 68.6. The first-order valence-corrected chi connectivity index (χ1v) is 32.2. The molecule has 2 amide bonds. The molecule has 0 bridgehead atoms. The van der Waals surface area contributed by atoms with E-state index in [2.05, 4.69) is 34.4 Å². The minimum atomic E-state index is -5.59. The average molecular weight is 1210 g/mol. The molecule has 0 aliphatic carbocycles. The van der Waals surface area contributed by atoms with E-state index in [1.165, 1.54) is 84.5 Å². The number of carbonyl (C=O) groups excluding carboxylic acids is 3. The number of aromatic nitrogens is 4. The van der Waals surface area contributed by atoms with E-state index in [1.807, 2.05) is 6.08 Å². The van der Waals surface area contributed by atoms with Gasteiger partial charge in [-0.25, -0.2) is 28.6 Å². The number of nitrogens with two attached hydrogens (primary N) is 1. The molecular weight excluding hydrogens is 1120 g/mol. The quantitative estimate of drug-likeness (QED) is 0.0252. The number of phosphoric ester groups is 3. The molecule has 2 fully saturated rings. The maximum absolute atomic E-state index is 12.8. The molecule has 12 N–H and O–H groups in total. The van der Waals surface area contributed by atoms with Crippen molar-refractivity contribution in [3.8, 4) is 0 Å². The summed E-state index contributed by atoms with van der Waals surface area (Å²) in [4.78, 5) is 88.6. The molecule has 4 rings (SSSR count). The van der Waals surface area contributed by atoms with Crippen molar-refractivity contribution < 1.29 is 100 Å². The van der Waals surface area contributed by atoms with Crippen LogP contribution < -0.4 is 16.4 Å². The number of rotatable bonds is 39. The number of nitrogens with one attached hydrogen (secondary N) is 2. The monoisotopic (exact) mass is 1210 g/mol. The molecule has 32 heteroatoms. The minimum absolute atomic E-state index is 0.0279. The second-order valence-electron chi connectivity index (χ2n) is 20.2. The van der Waals surface area contributed by atoms with Gasteiger partial charge in [0, 0.05) is 43.7 Å². The zero-order valence-corrected chi connectivity index (χ0v) is 48.5. The Morgan fingerprint density at radius 3 is 2.09 bits per heavy atom. The van der Waals surface area contributed by atoms with Crippen LogP contribution in [0.4, 0.5) is 5.82 Å². The van der Waals surface area contributed by atoms with Crippen molar-refractivity contribution in [2.45, 2.75) is 192 Å². The number of carbonyl (C=O) groups is 3. The molecule has 4 heterocycles. The maximum atomic E-state index is 12.8. The van der Waals surface area contributed by atoms with Crippen LogP contribution in [0.2, 0.25) is 0 Å². The molecule has 2 unspecified atom stereocenters. The second kappa shape index (κ2) is 34.0. The largest absolute Gasteiger partial charge is 0.481 e. The van der Waals surface area contributed by atoms with Gasteiger partial charge in [0.25, 0.3) is 0 Å². The van der Waals surface area contributed by atoms with Crippen LogP contribution in [0.3, 0.4) is 0 Å². The number of anilines is 1. The first-order chi connectivity index (χ1) is 37.3. The average Bonchev–Trinajstić information content (AvgIpc) is 4.03. The molecule has 79 heavy (non-hydrogen) atoms. The lowest BCUT2D eigenvalue weighted by Gasteiger charge is -2.35. The zero-order chi connectivity index (χ0) is 58.2. The molecule has 0 aromatic carbocycles. The molecule has 28 nitrogen and oxygen atoms in total. The molecule has 2 aliphatic rings. The highest BCUT2D eigenvalue weighted by Gasteiger charge is 2.50. The van der Waals surface area contributed by atoms with Crippen LogP contribution in [-0.2, 0) is 60.2 Å². The third-order valence-corrected chi connectivity index (χ3v) is 16.9. The van der Waals surface area contributed by atoms with Gasteiger partial charge in [0.2, 0.25) is 16.9 Å². The summed E-state index contributed by atoms with van der Waals surface area (Å²) >= 11 is 1.06. The fourth-order valence-electron chi connectivity index (χ4n) is 8.46. The first-order valence-electron chi connectivity index (χ1n) is 26.6. The summed E-state index contributed by atoms with van der Waals surface area (Å²) in [5.74, 6) is -1.14. The van der Waals surface area contributed by atoms with E-state index in [4.69, 9.17) is 29.0 Å². The van der Waals surface area contributed by atoms with E-state index in [1.54, 1.807) is 13.0 Å². The number of nitrogen functional groups attached to an aromatic ring is 1. The number of imidazole rings is 1. The van der Waals surface area contributed by atoms with E-state index in [0.717, 1.165) is 61.1 Å². The number of hydrogen-bond donors (Lipinski definition) is 11. The third-order valence-electron chi connectivity index (χ3n) is 13.0. The molecule has 2 aromatic rings. The molecular formula is C47H82N7O21P3S. The highest BCUT2D eigenvalue weighted by molar-refractivity contribution is 8.14. The molecule has 0 radical (unpaired) electrons. The van der Waals surface area contributed by atoms with Crippen LogP contribution in [0.15, 0.2) is 24.8 Å². The number of aliphatic hydroxyl groups is 4. The maximum Gasteiger partial charge on any atom is 0.481 e. The van der Waals surface area contributed by atoms with Gasteiger partial charge in [0.05, 0.1) is 31.7 Å². The molecule has 452 valence electrons. The normalized spacial score (nSPS) is 23.9. The summed E-state index contributed by atoms with van der Waals surface area (Å²) in [6.45, 7) is 2.81. The van der Waals surface area contributed by atoms with Crippen LogP contribution in [-0.4, -0.2) is 164 Å². The van der Waals surface area contributed by atoms with Gasteiger partial charge in [-0.3, -0.25) is 32.5 Å². The summed E-state index contributed by atoms with van der Waals surface area (Å²) in [6.07, 6.45) is 12.9.